The van der Waals surface area contributed by atoms with Gasteiger partial charge in [0.25, 0.3) is 5.91 Å². The van der Waals surface area contributed by atoms with E-state index in [1.165, 1.54) is 24.3 Å². The van der Waals surface area contributed by atoms with E-state index in [2.05, 4.69) is 15.3 Å². The number of benzene rings is 1. The standard InChI is InChI=1S/C14H16N4O4/c15-18-16-8-2-1-3-12(14(21)22)17-13(20)11-6-4-10(9-19)5-7-11/h4-7,9,12H,1-3,8H2,(H,17,20)(H,21,22). The Labute approximate surface area is 126 Å². The van der Waals surface area contributed by atoms with Gasteiger partial charge in [-0.2, -0.15) is 0 Å². The molecule has 1 aromatic carbocycles. The average molecular weight is 304 g/mol. The summed E-state index contributed by atoms with van der Waals surface area (Å²) in [6.45, 7) is 0.296. The first kappa shape index (κ1) is 17.2. The van der Waals surface area contributed by atoms with Crippen LogP contribution >= 0.6 is 0 Å². The Bertz CT molecular complexity index is 579. The second-order valence-electron chi connectivity index (χ2n) is 4.55. The number of carboxylic acids is 1. The lowest BCUT2D eigenvalue weighted by atomic mass is 10.1. The van der Waals surface area contributed by atoms with Crippen LogP contribution in [0.2, 0.25) is 0 Å². The van der Waals surface area contributed by atoms with Crippen molar-refractivity contribution in [3.8, 4) is 0 Å². The first-order valence-electron chi connectivity index (χ1n) is 6.68. The molecule has 1 rings (SSSR count). The molecule has 0 heterocycles. The number of carboxylic acid groups (broad SMARTS) is 1. The molecule has 2 N–H and O–H groups in total. The van der Waals surface area contributed by atoms with Crippen molar-refractivity contribution in [1.29, 1.82) is 0 Å². The predicted octanol–water partition coefficient (Wildman–Crippen LogP) is 2.16. The Kier molecular flexibility index (Phi) is 7.15. The summed E-state index contributed by atoms with van der Waals surface area (Å²) in [4.78, 5) is 36.3. The molecular weight excluding hydrogens is 288 g/mol. The number of aldehydes is 1. The summed E-state index contributed by atoms with van der Waals surface area (Å²) in [5.41, 5.74) is 8.85. The van der Waals surface area contributed by atoms with Gasteiger partial charge in [-0.15, -0.1) is 0 Å². The maximum absolute atomic E-state index is 12.0. The molecule has 1 aromatic rings. The molecule has 8 nitrogen and oxygen atoms in total. The summed E-state index contributed by atoms with van der Waals surface area (Å²) < 4.78 is 0. The monoisotopic (exact) mass is 304 g/mol. The first-order chi connectivity index (χ1) is 10.6. The van der Waals surface area contributed by atoms with E-state index in [1.807, 2.05) is 0 Å². The van der Waals surface area contributed by atoms with E-state index in [0.717, 1.165) is 0 Å². The number of unbranched alkanes of at least 4 members (excludes halogenated alkanes) is 1. The second kappa shape index (κ2) is 9.15. The minimum atomic E-state index is -1.12. The Hall–Kier alpha value is -2.86. The lowest BCUT2D eigenvalue weighted by Crippen LogP contribution is -2.40. The molecule has 0 saturated carbocycles. The van der Waals surface area contributed by atoms with Crippen molar-refractivity contribution in [1.82, 2.24) is 5.32 Å². The third-order valence-corrected chi connectivity index (χ3v) is 2.98. The van der Waals surface area contributed by atoms with E-state index in [-0.39, 0.29) is 12.0 Å². The van der Waals surface area contributed by atoms with Crippen molar-refractivity contribution in [2.75, 3.05) is 6.54 Å². The van der Waals surface area contributed by atoms with Crippen molar-refractivity contribution < 1.29 is 19.5 Å². The van der Waals surface area contributed by atoms with Crippen molar-refractivity contribution in [2.24, 2.45) is 5.11 Å². The van der Waals surface area contributed by atoms with Crippen molar-refractivity contribution in [3.05, 3.63) is 45.8 Å². The van der Waals surface area contributed by atoms with Crippen molar-refractivity contribution in [3.63, 3.8) is 0 Å². The van der Waals surface area contributed by atoms with Crippen LogP contribution in [0, 0.1) is 0 Å². The Morgan fingerprint density at radius 3 is 2.55 bits per heavy atom. The van der Waals surface area contributed by atoms with Crippen LogP contribution in [0.3, 0.4) is 0 Å². The van der Waals surface area contributed by atoms with Crippen LogP contribution in [0.1, 0.15) is 40.0 Å². The average Bonchev–Trinajstić information content (AvgIpc) is 2.53. The highest BCUT2D eigenvalue weighted by Gasteiger charge is 2.20. The fourth-order valence-corrected chi connectivity index (χ4v) is 1.79. The van der Waals surface area contributed by atoms with E-state index in [1.54, 1.807) is 0 Å². The summed E-state index contributed by atoms with van der Waals surface area (Å²) in [6, 6.07) is 4.87. The number of aliphatic carboxylic acids is 1. The van der Waals surface area contributed by atoms with Gasteiger partial charge in [0.1, 0.15) is 12.3 Å². The molecule has 0 aromatic heterocycles. The van der Waals surface area contributed by atoms with Crippen LogP contribution in [0.25, 0.3) is 10.4 Å². The number of hydrogen-bond acceptors (Lipinski definition) is 4. The summed E-state index contributed by atoms with van der Waals surface area (Å²) in [5.74, 6) is -1.64. The lowest BCUT2D eigenvalue weighted by Gasteiger charge is -2.14. The Morgan fingerprint density at radius 2 is 2.00 bits per heavy atom. The molecular formula is C14H16N4O4. The lowest BCUT2D eigenvalue weighted by molar-refractivity contribution is -0.139. The zero-order chi connectivity index (χ0) is 16.4. The number of nitrogens with one attached hydrogen (secondary N) is 1. The number of nitrogens with zero attached hydrogens (tertiary/aromatic N) is 3. The van der Waals surface area contributed by atoms with Crippen LogP contribution < -0.4 is 5.32 Å². The van der Waals surface area contributed by atoms with Gasteiger partial charge in [0.15, 0.2) is 0 Å². The molecule has 8 heteroatoms. The van der Waals surface area contributed by atoms with Gasteiger partial charge in [-0.1, -0.05) is 23.7 Å². The fraction of sp³-hybridized carbons (Fsp3) is 0.357. The minimum absolute atomic E-state index is 0.244. The molecule has 0 radical (unpaired) electrons. The zero-order valence-corrected chi connectivity index (χ0v) is 11.8. The number of azide groups is 1. The number of hydrogen-bond donors (Lipinski definition) is 2. The first-order valence-corrected chi connectivity index (χ1v) is 6.68. The second-order valence-corrected chi connectivity index (χ2v) is 4.55. The van der Waals surface area contributed by atoms with Gasteiger partial charge in [-0.25, -0.2) is 4.79 Å². The molecule has 116 valence electrons. The number of carbonyl (C=O) groups is 3. The number of rotatable bonds is 9. The predicted molar refractivity (Wildman–Crippen MR) is 78.6 cm³/mol. The Morgan fingerprint density at radius 1 is 1.32 bits per heavy atom. The molecule has 22 heavy (non-hydrogen) atoms. The molecule has 0 fully saturated rings. The maximum atomic E-state index is 12.0. The normalized spacial score (nSPS) is 11.1. The molecule has 0 spiro atoms. The van der Waals surface area contributed by atoms with E-state index in [0.29, 0.717) is 31.2 Å². The number of carbonyl (C=O) groups excluding carboxylic acids is 2. The topological polar surface area (TPSA) is 132 Å². The highest BCUT2D eigenvalue weighted by atomic mass is 16.4. The summed E-state index contributed by atoms with van der Waals surface area (Å²) in [5, 5.41) is 14.9. The third kappa shape index (κ3) is 5.64. The van der Waals surface area contributed by atoms with Crippen LogP contribution in [0.5, 0.6) is 0 Å². The van der Waals surface area contributed by atoms with E-state index >= 15 is 0 Å². The molecule has 0 aliphatic heterocycles. The van der Waals surface area contributed by atoms with Gasteiger partial charge in [0, 0.05) is 22.6 Å². The molecule has 1 unspecified atom stereocenters. The van der Waals surface area contributed by atoms with Gasteiger partial charge >= 0.3 is 5.97 Å². The molecule has 1 atom stereocenters. The highest BCUT2D eigenvalue weighted by Crippen LogP contribution is 2.06. The summed E-state index contributed by atoms with van der Waals surface area (Å²) in [7, 11) is 0. The van der Waals surface area contributed by atoms with Gasteiger partial charge < -0.3 is 10.4 Å². The van der Waals surface area contributed by atoms with E-state index in [4.69, 9.17) is 10.6 Å². The van der Waals surface area contributed by atoms with Gasteiger partial charge in [-0.3, -0.25) is 9.59 Å². The summed E-state index contributed by atoms with van der Waals surface area (Å²) >= 11 is 0. The van der Waals surface area contributed by atoms with Crippen LogP contribution in [0.15, 0.2) is 29.4 Å². The molecule has 1 amide bonds. The van der Waals surface area contributed by atoms with Crippen LogP contribution in [0.4, 0.5) is 0 Å². The van der Waals surface area contributed by atoms with Gasteiger partial charge in [-0.05, 0) is 30.5 Å². The fourth-order valence-electron chi connectivity index (χ4n) is 1.79. The van der Waals surface area contributed by atoms with Gasteiger partial charge in [0.2, 0.25) is 0 Å². The number of amides is 1. The van der Waals surface area contributed by atoms with Crippen LogP contribution in [-0.2, 0) is 4.79 Å². The van der Waals surface area contributed by atoms with Gasteiger partial charge in [0.05, 0.1) is 0 Å². The SMILES string of the molecule is [N-]=[N+]=NCCCCC(NC(=O)c1ccc(C=O)cc1)C(=O)O. The highest BCUT2D eigenvalue weighted by molar-refractivity contribution is 5.97. The Balaban J connectivity index is 2.57. The molecule has 0 bridgehead atoms. The quantitative estimate of drug-likeness (QED) is 0.238. The maximum Gasteiger partial charge on any atom is 0.326 e. The van der Waals surface area contributed by atoms with E-state index < -0.39 is 17.9 Å². The van der Waals surface area contributed by atoms with E-state index in [9.17, 15) is 14.4 Å². The van der Waals surface area contributed by atoms with Crippen molar-refractivity contribution >= 4 is 18.2 Å². The molecule has 0 saturated heterocycles. The zero-order valence-electron chi connectivity index (χ0n) is 11.8. The van der Waals surface area contributed by atoms with Crippen LogP contribution in [-0.4, -0.2) is 35.9 Å². The third-order valence-electron chi connectivity index (χ3n) is 2.98. The molecule has 0 aliphatic carbocycles. The minimum Gasteiger partial charge on any atom is -0.480 e. The molecule has 0 aliphatic rings. The largest absolute Gasteiger partial charge is 0.480 e. The smallest absolute Gasteiger partial charge is 0.326 e. The summed E-state index contributed by atoms with van der Waals surface area (Å²) in [6.07, 6.45) is 1.97. The van der Waals surface area contributed by atoms with Crippen molar-refractivity contribution in [2.45, 2.75) is 25.3 Å².